The smallest absolute Gasteiger partial charge is 0.330 e. The monoisotopic (exact) mass is 417 g/mol. The van der Waals surface area contributed by atoms with Crippen molar-refractivity contribution in [2.75, 3.05) is 6.54 Å². The van der Waals surface area contributed by atoms with Crippen molar-refractivity contribution in [3.8, 4) is 5.88 Å². The van der Waals surface area contributed by atoms with E-state index >= 15 is 0 Å². The Balaban J connectivity index is 1.33. The zero-order valence-corrected chi connectivity index (χ0v) is 16.9. The molecule has 0 radical (unpaired) electrons. The van der Waals surface area contributed by atoms with Crippen molar-refractivity contribution in [2.24, 2.45) is 5.92 Å². The molecule has 5 rings (SSSR count). The minimum Gasteiger partial charge on any atom is -0.479 e. The number of pyridine rings is 1. The Labute approximate surface area is 179 Å². The standard InChI is InChI=1S/C24H23N3O4/c1-2-14-12-24(14,23(29)30)27-21(28)20-11-15(13-25-20)31-22-18-9-4-3-7-16(18)17-8-5-6-10-19(17)26-22/h2-10,14-15,20,25H,1,11-13H2,(H,27,28)(H,29,30). The molecular formula is C24H23N3O4. The van der Waals surface area contributed by atoms with E-state index in [9.17, 15) is 14.7 Å². The van der Waals surface area contributed by atoms with Crippen LogP contribution in [0.1, 0.15) is 12.8 Å². The van der Waals surface area contributed by atoms with Gasteiger partial charge in [0, 0.05) is 29.7 Å². The molecule has 31 heavy (non-hydrogen) atoms. The highest BCUT2D eigenvalue weighted by molar-refractivity contribution is 6.07. The second-order valence-electron chi connectivity index (χ2n) is 8.23. The van der Waals surface area contributed by atoms with Crippen molar-refractivity contribution in [1.82, 2.24) is 15.6 Å². The van der Waals surface area contributed by atoms with E-state index in [2.05, 4.69) is 17.2 Å². The van der Waals surface area contributed by atoms with Gasteiger partial charge in [0.1, 0.15) is 11.6 Å². The van der Waals surface area contributed by atoms with Crippen LogP contribution in [0.2, 0.25) is 0 Å². The Morgan fingerprint density at radius 1 is 1.16 bits per heavy atom. The average molecular weight is 417 g/mol. The summed E-state index contributed by atoms with van der Waals surface area (Å²) in [6.07, 6.45) is 2.14. The number of rotatable bonds is 6. The Kier molecular flexibility index (Phi) is 4.63. The van der Waals surface area contributed by atoms with Gasteiger partial charge in [-0.3, -0.25) is 4.79 Å². The number of carbonyl (C=O) groups excluding carboxylic acids is 1. The highest BCUT2D eigenvalue weighted by Crippen LogP contribution is 2.44. The van der Waals surface area contributed by atoms with Gasteiger partial charge < -0.3 is 20.5 Å². The van der Waals surface area contributed by atoms with Gasteiger partial charge in [0.2, 0.25) is 11.8 Å². The summed E-state index contributed by atoms with van der Waals surface area (Å²) in [4.78, 5) is 29.0. The van der Waals surface area contributed by atoms with Crippen molar-refractivity contribution in [3.63, 3.8) is 0 Å². The largest absolute Gasteiger partial charge is 0.479 e. The number of carboxylic acids is 1. The number of benzene rings is 2. The van der Waals surface area contributed by atoms with E-state index in [1.807, 2.05) is 48.5 Å². The lowest BCUT2D eigenvalue weighted by Crippen LogP contribution is -2.51. The van der Waals surface area contributed by atoms with Crippen LogP contribution in [0.3, 0.4) is 0 Å². The van der Waals surface area contributed by atoms with E-state index in [1.165, 1.54) is 0 Å². The topological polar surface area (TPSA) is 101 Å². The summed E-state index contributed by atoms with van der Waals surface area (Å²) >= 11 is 0. The highest BCUT2D eigenvalue weighted by atomic mass is 16.5. The molecule has 4 atom stereocenters. The maximum atomic E-state index is 12.7. The molecule has 1 saturated carbocycles. The van der Waals surface area contributed by atoms with Gasteiger partial charge in [-0.25, -0.2) is 9.78 Å². The quantitative estimate of drug-likeness (QED) is 0.421. The van der Waals surface area contributed by atoms with Crippen LogP contribution in [-0.2, 0) is 9.59 Å². The summed E-state index contributed by atoms with van der Waals surface area (Å²) in [6.45, 7) is 4.13. The molecule has 4 unspecified atom stereocenters. The number of hydrogen-bond donors (Lipinski definition) is 3. The van der Waals surface area contributed by atoms with Crippen LogP contribution >= 0.6 is 0 Å². The molecule has 3 N–H and O–H groups in total. The maximum absolute atomic E-state index is 12.7. The minimum atomic E-state index is -1.23. The third kappa shape index (κ3) is 3.31. The third-order valence-electron chi connectivity index (χ3n) is 6.29. The Bertz CT molecular complexity index is 1210. The molecule has 0 bridgehead atoms. The van der Waals surface area contributed by atoms with Crippen molar-refractivity contribution in [2.45, 2.75) is 30.5 Å². The third-order valence-corrected chi connectivity index (χ3v) is 6.29. The van der Waals surface area contributed by atoms with Gasteiger partial charge in [0.05, 0.1) is 11.6 Å². The molecule has 1 aromatic heterocycles. The number of amides is 1. The van der Waals surface area contributed by atoms with E-state index in [-0.39, 0.29) is 17.9 Å². The van der Waals surface area contributed by atoms with Crippen LogP contribution in [0.25, 0.3) is 21.7 Å². The first kappa shape index (κ1) is 19.5. The molecular weight excluding hydrogens is 394 g/mol. The normalized spacial score (nSPS) is 27.2. The van der Waals surface area contributed by atoms with Crippen LogP contribution < -0.4 is 15.4 Å². The van der Waals surface area contributed by atoms with Crippen LogP contribution in [0.4, 0.5) is 0 Å². The predicted molar refractivity (Wildman–Crippen MR) is 117 cm³/mol. The molecule has 7 nitrogen and oxygen atoms in total. The van der Waals surface area contributed by atoms with E-state index in [4.69, 9.17) is 9.72 Å². The lowest BCUT2D eigenvalue weighted by molar-refractivity contribution is -0.143. The molecule has 158 valence electrons. The van der Waals surface area contributed by atoms with Crippen molar-refractivity contribution in [3.05, 3.63) is 61.2 Å². The second kappa shape index (κ2) is 7.35. The first-order valence-electron chi connectivity index (χ1n) is 10.4. The zero-order chi connectivity index (χ0) is 21.6. The van der Waals surface area contributed by atoms with Gasteiger partial charge in [0.15, 0.2) is 0 Å². The lowest BCUT2D eigenvalue weighted by Gasteiger charge is -2.18. The van der Waals surface area contributed by atoms with Gasteiger partial charge in [-0.2, -0.15) is 0 Å². The van der Waals surface area contributed by atoms with Crippen LogP contribution in [0, 0.1) is 5.92 Å². The van der Waals surface area contributed by atoms with E-state index in [1.54, 1.807) is 6.08 Å². The number of aromatic nitrogens is 1. The number of carbonyl (C=O) groups is 2. The SMILES string of the molecule is C=CC1CC1(NC(=O)C1CC(Oc2nc3ccccc3c3ccccc23)CN1)C(=O)O. The molecule has 1 aliphatic heterocycles. The number of para-hydroxylation sites is 1. The molecule has 1 aliphatic carbocycles. The van der Waals surface area contributed by atoms with Gasteiger partial charge in [-0.1, -0.05) is 42.5 Å². The fourth-order valence-corrected chi connectivity index (χ4v) is 4.44. The number of nitrogens with zero attached hydrogens (tertiary/aromatic N) is 1. The zero-order valence-electron chi connectivity index (χ0n) is 16.9. The number of ether oxygens (including phenoxy) is 1. The van der Waals surface area contributed by atoms with Crippen molar-refractivity contribution >= 4 is 33.6 Å². The lowest BCUT2D eigenvalue weighted by atomic mass is 10.1. The summed E-state index contributed by atoms with van der Waals surface area (Å²) in [5, 5.41) is 18.4. The fraction of sp³-hybridized carbons (Fsp3) is 0.292. The fourth-order valence-electron chi connectivity index (χ4n) is 4.44. The van der Waals surface area contributed by atoms with Crippen LogP contribution in [0.5, 0.6) is 5.88 Å². The van der Waals surface area contributed by atoms with Gasteiger partial charge >= 0.3 is 5.97 Å². The summed E-state index contributed by atoms with van der Waals surface area (Å²) in [7, 11) is 0. The van der Waals surface area contributed by atoms with Gasteiger partial charge in [-0.05, 0) is 23.9 Å². The summed E-state index contributed by atoms with van der Waals surface area (Å²) in [5.74, 6) is -1.05. The minimum absolute atomic E-state index is 0.240. The maximum Gasteiger partial charge on any atom is 0.330 e. The molecule has 7 heteroatoms. The first-order valence-corrected chi connectivity index (χ1v) is 10.4. The van der Waals surface area contributed by atoms with E-state index < -0.39 is 17.6 Å². The number of fused-ring (bicyclic) bond motifs is 3. The Hall–Kier alpha value is -3.45. The predicted octanol–water partition coefficient (Wildman–Crippen LogP) is 2.64. The first-order chi connectivity index (χ1) is 15.0. The van der Waals surface area contributed by atoms with E-state index in [0.29, 0.717) is 25.3 Å². The number of carboxylic acid groups (broad SMARTS) is 1. The van der Waals surface area contributed by atoms with Gasteiger partial charge in [-0.15, -0.1) is 6.58 Å². The molecule has 2 aliphatic rings. The Morgan fingerprint density at radius 2 is 1.87 bits per heavy atom. The second-order valence-corrected chi connectivity index (χ2v) is 8.23. The molecule has 2 heterocycles. The number of nitrogens with one attached hydrogen (secondary N) is 2. The molecule has 2 fully saturated rings. The molecule has 1 saturated heterocycles. The van der Waals surface area contributed by atoms with Crippen LogP contribution in [-0.4, -0.2) is 46.2 Å². The summed E-state index contributed by atoms with van der Waals surface area (Å²) in [6, 6.07) is 15.4. The molecule has 3 aromatic rings. The van der Waals surface area contributed by atoms with E-state index in [0.717, 1.165) is 21.7 Å². The van der Waals surface area contributed by atoms with Crippen molar-refractivity contribution in [1.29, 1.82) is 0 Å². The number of aliphatic carboxylic acids is 1. The highest BCUT2D eigenvalue weighted by Gasteiger charge is 2.60. The molecule has 1 amide bonds. The summed E-state index contributed by atoms with van der Waals surface area (Å²) < 4.78 is 6.23. The van der Waals surface area contributed by atoms with Gasteiger partial charge in [0.25, 0.3) is 0 Å². The average Bonchev–Trinajstić information content (AvgIpc) is 3.31. The van der Waals surface area contributed by atoms with Crippen LogP contribution in [0.15, 0.2) is 61.2 Å². The molecule has 2 aromatic carbocycles. The molecule has 0 spiro atoms. The van der Waals surface area contributed by atoms with Crippen molar-refractivity contribution < 1.29 is 19.4 Å². The Morgan fingerprint density at radius 3 is 2.58 bits per heavy atom. The number of hydrogen-bond acceptors (Lipinski definition) is 5. The summed E-state index contributed by atoms with van der Waals surface area (Å²) in [5.41, 5.74) is -0.376.